The first-order valence-electron chi connectivity index (χ1n) is 5.44. The van der Waals surface area contributed by atoms with Crippen LogP contribution in [0.5, 0.6) is 0 Å². The second-order valence-electron chi connectivity index (χ2n) is 3.94. The number of halogens is 3. The van der Waals surface area contributed by atoms with Crippen molar-refractivity contribution in [2.45, 2.75) is 12.1 Å². The molecule has 8 heteroatoms. The van der Waals surface area contributed by atoms with Gasteiger partial charge in [0.25, 0.3) is 0 Å². The molecule has 0 spiro atoms. The van der Waals surface area contributed by atoms with Gasteiger partial charge in [0, 0.05) is 18.3 Å². The molecule has 4 nitrogen and oxygen atoms in total. The molecule has 0 unspecified atom stereocenters. The fraction of sp³-hybridized carbons (Fsp3) is 0.167. The van der Waals surface area contributed by atoms with E-state index in [0.29, 0.717) is 11.8 Å². The van der Waals surface area contributed by atoms with Crippen molar-refractivity contribution in [1.29, 1.82) is 0 Å². The summed E-state index contributed by atoms with van der Waals surface area (Å²) in [6.07, 6.45) is 1.38. The van der Waals surface area contributed by atoms with E-state index in [9.17, 15) is 18.0 Å². The number of benzene rings is 1. The SMILES string of the molecule is Cc1cn(-c2cc(F)cc(F)c2F)c(SCC(=O)O)n1. The Labute approximate surface area is 116 Å². The lowest BCUT2D eigenvalue weighted by Crippen LogP contribution is -2.04. The minimum Gasteiger partial charge on any atom is -0.481 e. The predicted molar refractivity (Wildman–Crippen MR) is 66.5 cm³/mol. The fourth-order valence-electron chi connectivity index (χ4n) is 1.59. The summed E-state index contributed by atoms with van der Waals surface area (Å²) in [5, 5.41) is 8.78. The number of aliphatic carboxylic acids is 1. The third kappa shape index (κ3) is 2.96. The molecule has 1 aromatic heterocycles. The van der Waals surface area contributed by atoms with Crippen LogP contribution in [0.1, 0.15) is 5.69 Å². The normalized spacial score (nSPS) is 10.8. The van der Waals surface area contributed by atoms with E-state index in [1.807, 2.05) is 0 Å². The van der Waals surface area contributed by atoms with Crippen LogP contribution in [-0.4, -0.2) is 26.4 Å². The van der Waals surface area contributed by atoms with Gasteiger partial charge in [0.2, 0.25) is 0 Å². The number of carboxylic acid groups (broad SMARTS) is 1. The molecule has 0 amide bonds. The van der Waals surface area contributed by atoms with Crippen LogP contribution in [0.2, 0.25) is 0 Å². The molecule has 0 fully saturated rings. The molecule has 1 aromatic carbocycles. The van der Waals surface area contributed by atoms with Crippen molar-refractivity contribution >= 4 is 17.7 Å². The number of carboxylic acids is 1. The van der Waals surface area contributed by atoms with E-state index in [4.69, 9.17) is 5.11 Å². The lowest BCUT2D eigenvalue weighted by Gasteiger charge is -2.08. The minimum absolute atomic E-state index is 0.147. The van der Waals surface area contributed by atoms with Gasteiger partial charge in [-0.15, -0.1) is 0 Å². The summed E-state index contributed by atoms with van der Waals surface area (Å²) in [5.41, 5.74) is 0.123. The number of thioether (sulfide) groups is 1. The van der Waals surface area contributed by atoms with Crippen LogP contribution >= 0.6 is 11.8 Å². The van der Waals surface area contributed by atoms with E-state index < -0.39 is 23.4 Å². The summed E-state index contributed by atoms with van der Waals surface area (Å²) in [6.45, 7) is 1.61. The van der Waals surface area contributed by atoms with Crippen LogP contribution in [0.15, 0.2) is 23.5 Å². The van der Waals surface area contributed by atoms with Crippen LogP contribution in [0.25, 0.3) is 5.69 Å². The number of rotatable bonds is 4. The first kappa shape index (κ1) is 14.4. The van der Waals surface area contributed by atoms with Gasteiger partial charge in [-0.25, -0.2) is 18.2 Å². The molecule has 106 valence electrons. The third-order valence-corrected chi connectivity index (χ3v) is 3.29. The summed E-state index contributed by atoms with van der Waals surface area (Å²) >= 11 is 0.832. The maximum absolute atomic E-state index is 13.7. The molecule has 1 N–H and O–H groups in total. The molecule has 0 aliphatic carbocycles. The number of aryl methyl sites for hydroxylation is 1. The summed E-state index contributed by atoms with van der Waals surface area (Å²) in [4.78, 5) is 14.6. The van der Waals surface area contributed by atoms with Gasteiger partial charge in [0.15, 0.2) is 16.8 Å². The van der Waals surface area contributed by atoms with Gasteiger partial charge < -0.3 is 5.11 Å². The van der Waals surface area contributed by atoms with E-state index in [2.05, 4.69) is 4.98 Å². The Bertz CT molecular complexity index is 673. The third-order valence-electron chi connectivity index (χ3n) is 2.35. The zero-order chi connectivity index (χ0) is 14.9. The summed E-state index contributed by atoms with van der Waals surface area (Å²) < 4.78 is 41.3. The van der Waals surface area contributed by atoms with E-state index in [1.165, 1.54) is 6.20 Å². The smallest absolute Gasteiger partial charge is 0.313 e. The number of imidazole rings is 1. The second-order valence-corrected chi connectivity index (χ2v) is 4.88. The quantitative estimate of drug-likeness (QED) is 0.697. The van der Waals surface area contributed by atoms with E-state index in [1.54, 1.807) is 6.92 Å². The fourth-order valence-corrected chi connectivity index (χ4v) is 2.35. The lowest BCUT2D eigenvalue weighted by molar-refractivity contribution is -0.133. The zero-order valence-electron chi connectivity index (χ0n) is 10.2. The van der Waals surface area contributed by atoms with Crippen LogP contribution < -0.4 is 0 Å². The van der Waals surface area contributed by atoms with Crippen LogP contribution in [-0.2, 0) is 4.79 Å². The maximum atomic E-state index is 13.7. The molecule has 0 bridgehead atoms. The Balaban J connectivity index is 2.50. The van der Waals surface area contributed by atoms with Crippen molar-refractivity contribution in [2.24, 2.45) is 0 Å². The average Bonchev–Trinajstić information content (AvgIpc) is 2.72. The Morgan fingerprint density at radius 1 is 1.40 bits per heavy atom. The van der Waals surface area contributed by atoms with Crippen molar-refractivity contribution in [3.8, 4) is 5.69 Å². The molecule has 0 saturated heterocycles. The highest BCUT2D eigenvalue weighted by Crippen LogP contribution is 2.25. The van der Waals surface area contributed by atoms with E-state index in [0.717, 1.165) is 22.4 Å². The topological polar surface area (TPSA) is 55.1 Å². The van der Waals surface area contributed by atoms with Crippen molar-refractivity contribution in [1.82, 2.24) is 9.55 Å². The standard InChI is InChI=1S/C12H9F3N2O2S/c1-6-4-17(12(16-6)20-5-10(18)19)9-3-7(13)2-8(14)11(9)15/h2-4H,5H2,1H3,(H,18,19). The monoisotopic (exact) mass is 302 g/mol. The molecule has 0 atom stereocenters. The van der Waals surface area contributed by atoms with Gasteiger partial charge in [-0.1, -0.05) is 11.8 Å². The van der Waals surface area contributed by atoms with Crippen molar-refractivity contribution < 1.29 is 23.1 Å². The van der Waals surface area contributed by atoms with Gasteiger partial charge in [-0.05, 0) is 6.92 Å². The molecular formula is C12H9F3N2O2S. The molecule has 1 heterocycles. The zero-order valence-corrected chi connectivity index (χ0v) is 11.0. The molecular weight excluding hydrogens is 293 g/mol. The molecule has 20 heavy (non-hydrogen) atoms. The van der Waals surface area contributed by atoms with Crippen LogP contribution in [0.3, 0.4) is 0 Å². The van der Waals surface area contributed by atoms with Crippen molar-refractivity contribution in [3.63, 3.8) is 0 Å². The van der Waals surface area contributed by atoms with Crippen LogP contribution in [0, 0.1) is 24.4 Å². The van der Waals surface area contributed by atoms with Crippen molar-refractivity contribution in [2.75, 3.05) is 5.75 Å². The Morgan fingerprint density at radius 3 is 2.75 bits per heavy atom. The summed E-state index contributed by atoms with van der Waals surface area (Å²) in [6, 6.07) is 1.26. The molecule has 0 aliphatic heterocycles. The summed E-state index contributed by atoms with van der Waals surface area (Å²) in [5.74, 6) is -4.84. The first-order valence-corrected chi connectivity index (χ1v) is 6.42. The number of hydrogen-bond acceptors (Lipinski definition) is 3. The largest absolute Gasteiger partial charge is 0.481 e. The van der Waals surface area contributed by atoms with E-state index >= 15 is 0 Å². The Hall–Kier alpha value is -1.96. The highest BCUT2D eigenvalue weighted by atomic mass is 32.2. The number of carbonyl (C=O) groups is 1. The molecule has 2 rings (SSSR count). The average molecular weight is 302 g/mol. The van der Waals surface area contributed by atoms with Gasteiger partial charge in [-0.2, -0.15) is 0 Å². The van der Waals surface area contributed by atoms with Gasteiger partial charge in [-0.3, -0.25) is 9.36 Å². The molecule has 2 aromatic rings. The van der Waals surface area contributed by atoms with Gasteiger partial charge in [0.05, 0.1) is 17.1 Å². The molecule has 0 saturated carbocycles. The predicted octanol–water partition coefficient (Wildman–Crippen LogP) is 2.77. The van der Waals surface area contributed by atoms with E-state index in [-0.39, 0.29) is 16.6 Å². The number of nitrogens with zero attached hydrogens (tertiary/aromatic N) is 2. The summed E-state index contributed by atoms with van der Waals surface area (Å²) in [7, 11) is 0. The highest BCUT2D eigenvalue weighted by Gasteiger charge is 2.17. The Kier molecular flexibility index (Phi) is 4.03. The second kappa shape index (κ2) is 5.58. The van der Waals surface area contributed by atoms with Crippen molar-refractivity contribution in [3.05, 3.63) is 41.5 Å². The highest BCUT2D eigenvalue weighted by molar-refractivity contribution is 7.99. The first-order chi connectivity index (χ1) is 9.38. The van der Waals surface area contributed by atoms with Gasteiger partial charge >= 0.3 is 5.97 Å². The Morgan fingerprint density at radius 2 is 2.10 bits per heavy atom. The maximum Gasteiger partial charge on any atom is 0.313 e. The molecule has 0 aliphatic rings. The number of hydrogen-bond donors (Lipinski definition) is 1. The lowest BCUT2D eigenvalue weighted by atomic mass is 10.3. The minimum atomic E-state index is -1.32. The molecule has 0 radical (unpaired) electrons. The van der Waals surface area contributed by atoms with Crippen LogP contribution in [0.4, 0.5) is 13.2 Å². The van der Waals surface area contributed by atoms with Gasteiger partial charge in [0.1, 0.15) is 5.82 Å². The number of aromatic nitrogens is 2.